The van der Waals surface area contributed by atoms with Crippen LogP contribution in [0.2, 0.25) is 0 Å². The Morgan fingerprint density at radius 2 is 1.94 bits per heavy atom. The molecule has 1 aliphatic rings. The van der Waals surface area contributed by atoms with E-state index in [1.807, 2.05) is 0 Å². The lowest BCUT2D eigenvalue weighted by atomic mass is 9.81. The van der Waals surface area contributed by atoms with Gasteiger partial charge >= 0.3 is 0 Å². The van der Waals surface area contributed by atoms with E-state index in [9.17, 15) is 5.11 Å². The van der Waals surface area contributed by atoms with Gasteiger partial charge in [-0.2, -0.15) is 0 Å². The van der Waals surface area contributed by atoms with E-state index in [2.05, 4.69) is 38.1 Å². The maximum absolute atomic E-state index is 10.1. The maximum atomic E-state index is 10.1. The molecule has 1 aromatic rings. The first-order valence-electron chi connectivity index (χ1n) is 6.46. The monoisotopic (exact) mass is 218 g/mol. The minimum Gasteiger partial charge on any atom is -0.392 e. The Kier molecular flexibility index (Phi) is 3.65. The fraction of sp³-hybridized carbons (Fsp3) is 0.600. The van der Waals surface area contributed by atoms with Gasteiger partial charge in [-0.05, 0) is 29.9 Å². The van der Waals surface area contributed by atoms with Crippen molar-refractivity contribution in [3.8, 4) is 0 Å². The summed E-state index contributed by atoms with van der Waals surface area (Å²) in [6.45, 7) is 4.44. The molecule has 0 aliphatic heterocycles. The second kappa shape index (κ2) is 5.01. The van der Waals surface area contributed by atoms with Crippen LogP contribution in [0, 0.1) is 0 Å². The molecule has 1 fully saturated rings. The van der Waals surface area contributed by atoms with Crippen LogP contribution in [0.4, 0.5) is 0 Å². The molecule has 88 valence electrons. The molecule has 1 saturated carbocycles. The molecule has 0 amide bonds. The standard InChI is InChI=1S/C15H22O/c1-11(2)12-6-5-7-13(10-12)14-8-3-4-9-15(14)16/h5-7,10-11,14-16H,3-4,8-9H2,1-2H3. The van der Waals surface area contributed by atoms with Gasteiger partial charge in [0.25, 0.3) is 0 Å². The topological polar surface area (TPSA) is 20.2 Å². The van der Waals surface area contributed by atoms with Gasteiger partial charge < -0.3 is 5.11 Å². The molecule has 0 aromatic heterocycles. The number of aliphatic hydroxyl groups is 1. The van der Waals surface area contributed by atoms with Gasteiger partial charge in [-0.15, -0.1) is 0 Å². The van der Waals surface area contributed by atoms with Crippen LogP contribution < -0.4 is 0 Å². The van der Waals surface area contributed by atoms with E-state index >= 15 is 0 Å². The highest BCUT2D eigenvalue weighted by molar-refractivity contribution is 5.29. The van der Waals surface area contributed by atoms with Gasteiger partial charge in [-0.3, -0.25) is 0 Å². The van der Waals surface area contributed by atoms with E-state index in [1.54, 1.807) is 0 Å². The summed E-state index contributed by atoms with van der Waals surface area (Å²) in [6, 6.07) is 8.77. The van der Waals surface area contributed by atoms with Crippen LogP contribution in [0.3, 0.4) is 0 Å². The van der Waals surface area contributed by atoms with Gasteiger partial charge in [0.1, 0.15) is 0 Å². The second-order valence-corrected chi connectivity index (χ2v) is 5.28. The van der Waals surface area contributed by atoms with Gasteiger partial charge in [0.2, 0.25) is 0 Å². The first-order valence-corrected chi connectivity index (χ1v) is 6.46. The van der Waals surface area contributed by atoms with Crippen molar-refractivity contribution in [2.45, 2.75) is 57.5 Å². The summed E-state index contributed by atoms with van der Waals surface area (Å²) in [4.78, 5) is 0. The van der Waals surface area contributed by atoms with Crippen molar-refractivity contribution in [2.75, 3.05) is 0 Å². The molecular weight excluding hydrogens is 196 g/mol. The summed E-state index contributed by atoms with van der Waals surface area (Å²) < 4.78 is 0. The Morgan fingerprint density at radius 1 is 1.19 bits per heavy atom. The molecule has 1 nitrogen and oxygen atoms in total. The second-order valence-electron chi connectivity index (χ2n) is 5.28. The van der Waals surface area contributed by atoms with Crippen molar-refractivity contribution < 1.29 is 5.11 Å². The Bertz CT molecular complexity index is 343. The number of hydrogen-bond acceptors (Lipinski definition) is 1. The molecule has 0 spiro atoms. The molecule has 1 aliphatic carbocycles. The molecule has 0 saturated heterocycles. The Labute approximate surface area is 98.5 Å². The minimum absolute atomic E-state index is 0.129. The molecular formula is C15H22O. The molecule has 0 heterocycles. The Morgan fingerprint density at radius 3 is 2.62 bits per heavy atom. The summed E-state index contributed by atoms with van der Waals surface area (Å²) in [7, 11) is 0. The third-order valence-electron chi connectivity index (χ3n) is 3.73. The van der Waals surface area contributed by atoms with E-state index in [1.165, 1.54) is 24.0 Å². The molecule has 0 radical (unpaired) electrons. The van der Waals surface area contributed by atoms with Crippen molar-refractivity contribution in [3.63, 3.8) is 0 Å². The van der Waals surface area contributed by atoms with Crippen LogP contribution in [0.25, 0.3) is 0 Å². The van der Waals surface area contributed by atoms with Gasteiger partial charge in [0, 0.05) is 5.92 Å². The van der Waals surface area contributed by atoms with Gasteiger partial charge in [0.05, 0.1) is 6.10 Å². The zero-order valence-electron chi connectivity index (χ0n) is 10.3. The molecule has 2 atom stereocenters. The SMILES string of the molecule is CC(C)c1cccc(C2CCCCC2O)c1. The van der Waals surface area contributed by atoms with E-state index in [0.717, 1.165) is 12.8 Å². The van der Waals surface area contributed by atoms with E-state index in [-0.39, 0.29) is 6.10 Å². The van der Waals surface area contributed by atoms with Gasteiger partial charge in [-0.1, -0.05) is 51.0 Å². The molecule has 2 unspecified atom stereocenters. The lowest BCUT2D eigenvalue weighted by Crippen LogP contribution is -2.22. The van der Waals surface area contributed by atoms with E-state index in [4.69, 9.17) is 0 Å². The minimum atomic E-state index is -0.129. The molecule has 2 rings (SSSR count). The predicted octanol–water partition coefficient (Wildman–Crippen LogP) is 3.83. The van der Waals surface area contributed by atoms with Crippen molar-refractivity contribution >= 4 is 0 Å². The normalized spacial score (nSPS) is 26.0. The summed E-state index contributed by atoms with van der Waals surface area (Å²) in [5.41, 5.74) is 2.72. The first-order chi connectivity index (χ1) is 7.68. The van der Waals surface area contributed by atoms with Crippen molar-refractivity contribution in [2.24, 2.45) is 0 Å². The molecule has 1 heteroatoms. The quantitative estimate of drug-likeness (QED) is 0.800. The Hall–Kier alpha value is -0.820. The van der Waals surface area contributed by atoms with Crippen LogP contribution in [0.15, 0.2) is 24.3 Å². The van der Waals surface area contributed by atoms with Crippen LogP contribution in [-0.4, -0.2) is 11.2 Å². The lowest BCUT2D eigenvalue weighted by molar-refractivity contribution is 0.106. The van der Waals surface area contributed by atoms with Crippen LogP contribution in [0.1, 0.15) is 62.5 Å². The zero-order valence-corrected chi connectivity index (χ0v) is 10.3. The van der Waals surface area contributed by atoms with Gasteiger partial charge in [0.15, 0.2) is 0 Å². The number of rotatable bonds is 2. The molecule has 1 N–H and O–H groups in total. The van der Waals surface area contributed by atoms with Crippen LogP contribution in [0.5, 0.6) is 0 Å². The summed E-state index contributed by atoms with van der Waals surface area (Å²) >= 11 is 0. The van der Waals surface area contributed by atoms with E-state index < -0.39 is 0 Å². The predicted molar refractivity (Wildman–Crippen MR) is 67.7 cm³/mol. The summed E-state index contributed by atoms with van der Waals surface area (Å²) in [6.07, 6.45) is 4.42. The fourth-order valence-electron chi connectivity index (χ4n) is 2.65. The van der Waals surface area contributed by atoms with E-state index in [0.29, 0.717) is 11.8 Å². The molecule has 0 bridgehead atoms. The first kappa shape index (κ1) is 11.7. The van der Waals surface area contributed by atoms with Crippen LogP contribution in [-0.2, 0) is 0 Å². The van der Waals surface area contributed by atoms with Crippen molar-refractivity contribution in [1.29, 1.82) is 0 Å². The summed E-state index contributed by atoms with van der Waals surface area (Å²) in [5, 5.41) is 10.1. The number of aliphatic hydroxyl groups excluding tert-OH is 1. The van der Waals surface area contributed by atoms with Crippen LogP contribution >= 0.6 is 0 Å². The van der Waals surface area contributed by atoms with Crippen molar-refractivity contribution in [1.82, 2.24) is 0 Å². The smallest absolute Gasteiger partial charge is 0.0608 e. The molecule has 16 heavy (non-hydrogen) atoms. The third-order valence-corrected chi connectivity index (χ3v) is 3.73. The number of hydrogen-bond donors (Lipinski definition) is 1. The number of benzene rings is 1. The maximum Gasteiger partial charge on any atom is 0.0608 e. The fourth-order valence-corrected chi connectivity index (χ4v) is 2.65. The summed E-state index contributed by atoms with van der Waals surface area (Å²) in [5.74, 6) is 0.938. The average Bonchev–Trinajstić information content (AvgIpc) is 2.30. The highest BCUT2D eigenvalue weighted by Gasteiger charge is 2.24. The molecule has 1 aromatic carbocycles. The van der Waals surface area contributed by atoms with Crippen molar-refractivity contribution in [3.05, 3.63) is 35.4 Å². The third kappa shape index (κ3) is 2.46. The zero-order chi connectivity index (χ0) is 11.5. The largest absolute Gasteiger partial charge is 0.392 e. The van der Waals surface area contributed by atoms with Gasteiger partial charge in [-0.25, -0.2) is 0 Å². The lowest BCUT2D eigenvalue weighted by Gasteiger charge is -2.28. The average molecular weight is 218 g/mol. The Balaban J connectivity index is 2.21. The highest BCUT2D eigenvalue weighted by Crippen LogP contribution is 2.34. The highest BCUT2D eigenvalue weighted by atomic mass is 16.3.